The summed E-state index contributed by atoms with van der Waals surface area (Å²) >= 11 is 0. The second kappa shape index (κ2) is 8.41. The van der Waals surface area contributed by atoms with Gasteiger partial charge in [0.25, 0.3) is 5.82 Å². The van der Waals surface area contributed by atoms with E-state index in [-0.39, 0.29) is 17.2 Å². The van der Waals surface area contributed by atoms with E-state index in [9.17, 15) is 13.2 Å². The third-order valence-electron chi connectivity index (χ3n) is 5.24. The molecule has 4 aromatic heterocycles. The summed E-state index contributed by atoms with van der Waals surface area (Å²) in [7, 11) is 0. The Morgan fingerprint density at radius 2 is 1.56 bits per heavy atom. The van der Waals surface area contributed by atoms with E-state index in [1.165, 1.54) is 12.3 Å². The molecule has 0 unspecified atom stereocenters. The smallest absolute Gasteiger partial charge is 0.360 e. The largest absolute Gasteiger partial charge is 0.435 e. The van der Waals surface area contributed by atoms with Gasteiger partial charge in [0, 0.05) is 11.6 Å². The molecule has 34 heavy (non-hydrogen) atoms. The molecule has 0 bridgehead atoms. The summed E-state index contributed by atoms with van der Waals surface area (Å²) in [6, 6.07) is 16.4. The van der Waals surface area contributed by atoms with Crippen molar-refractivity contribution in [3.8, 4) is 23.3 Å². The molecular weight excluding hydrogens is 443 g/mol. The molecule has 168 valence electrons. The topological polar surface area (TPSA) is 84.6 Å². The van der Waals surface area contributed by atoms with Crippen molar-refractivity contribution in [3.05, 3.63) is 94.9 Å². The number of halogens is 3. The SMILES string of the molecule is [C-]#[N+]c1nc(-c2cccc(C(C)(C)c3cccc(-n4ccc(C(F)(F)F)n4)n3)n2)ccc1C#N. The van der Waals surface area contributed by atoms with Gasteiger partial charge < -0.3 is 4.85 Å². The predicted octanol–water partition coefficient (Wildman–Crippen LogP) is 5.49. The van der Waals surface area contributed by atoms with Crippen molar-refractivity contribution in [2.45, 2.75) is 25.4 Å². The highest BCUT2D eigenvalue weighted by Gasteiger charge is 2.34. The highest BCUT2D eigenvalue weighted by atomic mass is 19.4. The maximum absolute atomic E-state index is 12.9. The molecule has 0 aliphatic carbocycles. The average molecular weight is 459 g/mol. The van der Waals surface area contributed by atoms with Gasteiger partial charge in [-0.1, -0.05) is 18.7 Å². The monoisotopic (exact) mass is 459 g/mol. The molecule has 0 aliphatic heterocycles. The molecule has 4 rings (SSSR count). The van der Waals surface area contributed by atoms with Gasteiger partial charge in [-0.15, -0.1) is 4.98 Å². The Balaban J connectivity index is 1.71. The third kappa shape index (κ3) is 4.21. The van der Waals surface area contributed by atoms with Crippen LogP contribution < -0.4 is 0 Å². The lowest BCUT2D eigenvalue weighted by Crippen LogP contribution is -2.23. The van der Waals surface area contributed by atoms with Crippen molar-refractivity contribution in [1.29, 1.82) is 5.26 Å². The van der Waals surface area contributed by atoms with Crippen molar-refractivity contribution >= 4 is 5.82 Å². The normalized spacial score (nSPS) is 11.6. The Bertz CT molecular complexity index is 1460. The van der Waals surface area contributed by atoms with Crippen LogP contribution in [-0.4, -0.2) is 24.7 Å². The van der Waals surface area contributed by atoms with Crippen LogP contribution in [0.5, 0.6) is 0 Å². The zero-order valence-electron chi connectivity index (χ0n) is 18.0. The Kier molecular flexibility index (Phi) is 5.60. The standard InChI is InChI=1S/C24H16F3N7/c1-23(2,19-8-5-9-21(32-19)34-13-12-20(33-34)24(25,26)27)18-7-4-6-16(30-18)17-11-10-15(14-28)22(29-3)31-17/h4-13H,1-2H3. The Hall–Kier alpha value is -4.57. The highest BCUT2D eigenvalue weighted by Crippen LogP contribution is 2.32. The van der Waals surface area contributed by atoms with Gasteiger partial charge in [-0.05, 0) is 56.3 Å². The minimum atomic E-state index is -4.54. The molecule has 0 saturated carbocycles. The van der Waals surface area contributed by atoms with Crippen LogP contribution in [0.2, 0.25) is 0 Å². The number of rotatable bonds is 4. The summed E-state index contributed by atoms with van der Waals surface area (Å²) in [5, 5.41) is 12.7. The highest BCUT2D eigenvalue weighted by molar-refractivity contribution is 5.62. The molecule has 0 aromatic carbocycles. The van der Waals surface area contributed by atoms with Gasteiger partial charge in [-0.25, -0.2) is 14.6 Å². The van der Waals surface area contributed by atoms with Gasteiger partial charge in [-0.3, -0.25) is 0 Å². The second-order valence-electron chi connectivity index (χ2n) is 7.85. The van der Waals surface area contributed by atoms with Crippen molar-refractivity contribution in [3.63, 3.8) is 0 Å². The molecule has 10 heteroatoms. The molecule has 0 atom stereocenters. The molecule has 4 aromatic rings. The number of aromatic nitrogens is 5. The van der Waals surface area contributed by atoms with Crippen LogP contribution in [0.15, 0.2) is 60.8 Å². The maximum Gasteiger partial charge on any atom is 0.435 e. The lowest BCUT2D eigenvalue weighted by atomic mass is 9.84. The predicted molar refractivity (Wildman–Crippen MR) is 117 cm³/mol. The van der Waals surface area contributed by atoms with Gasteiger partial charge in [0.1, 0.15) is 5.69 Å². The first-order chi connectivity index (χ1) is 16.1. The lowest BCUT2D eigenvalue weighted by Gasteiger charge is -2.24. The molecule has 0 N–H and O–H groups in total. The number of alkyl halides is 3. The van der Waals surface area contributed by atoms with Gasteiger partial charge in [0.2, 0.25) is 0 Å². The van der Waals surface area contributed by atoms with Crippen LogP contribution in [-0.2, 0) is 11.6 Å². The number of nitriles is 1. The van der Waals surface area contributed by atoms with Crippen LogP contribution in [0.4, 0.5) is 19.0 Å². The van der Waals surface area contributed by atoms with Crippen LogP contribution in [0.3, 0.4) is 0 Å². The van der Waals surface area contributed by atoms with E-state index >= 15 is 0 Å². The van der Waals surface area contributed by atoms with E-state index in [1.807, 2.05) is 26.0 Å². The number of pyridine rings is 3. The van der Waals surface area contributed by atoms with Crippen LogP contribution in [0, 0.1) is 17.9 Å². The fourth-order valence-corrected chi connectivity index (χ4v) is 3.32. The third-order valence-corrected chi connectivity index (χ3v) is 5.24. The number of hydrogen-bond acceptors (Lipinski definition) is 5. The molecule has 7 nitrogen and oxygen atoms in total. The Morgan fingerprint density at radius 3 is 2.21 bits per heavy atom. The summed E-state index contributed by atoms with van der Waals surface area (Å²) in [6.45, 7) is 11.0. The zero-order valence-corrected chi connectivity index (χ0v) is 18.0. The molecule has 0 spiro atoms. The lowest BCUT2D eigenvalue weighted by molar-refractivity contribution is -0.141. The first-order valence-electron chi connectivity index (χ1n) is 10.0. The zero-order chi connectivity index (χ0) is 24.5. The molecule has 0 fully saturated rings. The van der Waals surface area contributed by atoms with Crippen LogP contribution >= 0.6 is 0 Å². The molecule has 0 radical (unpaired) electrons. The molecule has 0 saturated heterocycles. The van der Waals surface area contributed by atoms with Crippen LogP contribution in [0.25, 0.3) is 22.1 Å². The second-order valence-corrected chi connectivity index (χ2v) is 7.85. The number of nitrogens with zero attached hydrogens (tertiary/aromatic N) is 7. The quantitative estimate of drug-likeness (QED) is 0.377. The molecule has 0 aliphatic rings. The summed E-state index contributed by atoms with van der Waals surface area (Å²) < 4.78 is 39.9. The summed E-state index contributed by atoms with van der Waals surface area (Å²) in [6.07, 6.45) is -3.33. The molecule has 4 heterocycles. The summed E-state index contributed by atoms with van der Waals surface area (Å²) in [5.74, 6) is 0.242. The minimum absolute atomic E-state index is 0.00159. The fraction of sp³-hybridized carbons (Fsp3) is 0.167. The summed E-state index contributed by atoms with van der Waals surface area (Å²) in [4.78, 5) is 16.8. The summed E-state index contributed by atoms with van der Waals surface area (Å²) in [5.41, 5.74) is 0.639. The van der Waals surface area contributed by atoms with Crippen molar-refractivity contribution in [2.75, 3.05) is 0 Å². The Morgan fingerprint density at radius 1 is 0.882 bits per heavy atom. The Labute approximate surface area is 193 Å². The van der Waals surface area contributed by atoms with E-state index in [2.05, 4.69) is 19.9 Å². The van der Waals surface area contributed by atoms with E-state index in [1.54, 1.807) is 36.4 Å². The van der Waals surface area contributed by atoms with Gasteiger partial charge >= 0.3 is 6.18 Å². The average Bonchev–Trinajstić information content (AvgIpc) is 3.35. The van der Waals surface area contributed by atoms with E-state index < -0.39 is 17.3 Å². The van der Waals surface area contributed by atoms with Crippen molar-refractivity contribution < 1.29 is 13.2 Å². The molecule has 0 amide bonds. The van der Waals surface area contributed by atoms with E-state index in [0.29, 0.717) is 22.8 Å². The fourth-order valence-electron chi connectivity index (χ4n) is 3.32. The van der Waals surface area contributed by atoms with E-state index in [4.69, 9.17) is 16.8 Å². The van der Waals surface area contributed by atoms with Gasteiger partial charge in [-0.2, -0.15) is 23.5 Å². The van der Waals surface area contributed by atoms with Gasteiger partial charge in [0.15, 0.2) is 17.2 Å². The first kappa shape index (κ1) is 22.6. The molecular formula is C24H16F3N7. The van der Waals surface area contributed by atoms with Crippen molar-refractivity contribution in [1.82, 2.24) is 24.7 Å². The first-order valence-corrected chi connectivity index (χ1v) is 10.0. The minimum Gasteiger partial charge on any atom is -0.360 e. The number of hydrogen-bond donors (Lipinski definition) is 0. The van der Waals surface area contributed by atoms with E-state index in [0.717, 1.165) is 10.7 Å². The van der Waals surface area contributed by atoms with Gasteiger partial charge in [0.05, 0.1) is 23.0 Å². The van der Waals surface area contributed by atoms with Crippen molar-refractivity contribution in [2.24, 2.45) is 0 Å². The van der Waals surface area contributed by atoms with Crippen LogP contribution in [0.1, 0.15) is 36.5 Å². The maximum atomic E-state index is 12.9.